The summed E-state index contributed by atoms with van der Waals surface area (Å²) in [6.45, 7) is 2.12. The second-order valence-electron chi connectivity index (χ2n) is 7.37. The van der Waals surface area contributed by atoms with E-state index in [1.54, 1.807) is 0 Å². The van der Waals surface area contributed by atoms with Gasteiger partial charge in [0.2, 0.25) is 11.8 Å². The minimum Gasteiger partial charge on any atom is -0.345 e. The molecular formula is C19H24N4O2. The second-order valence-corrected chi connectivity index (χ2v) is 7.37. The molecule has 4 heterocycles. The van der Waals surface area contributed by atoms with Crippen LogP contribution in [-0.4, -0.2) is 57.7 Å². The molecule has 2 aromatic rings. The van der Waals surface area contributed by atoms with E-state index in [0.717, 1.165) is 37.1 Å². The Morgan fingerprint density at radius 3 is 3.00 bits per heavy atom. The lowest BCUT2D eigenvalue weighted by atomic mass is 9.78. The molecule has 0 aliphatic carbocycles. The molecule has 2 aliphatic rings. The molecule has 0 saturated carbocycles. The molecule has 1 atom stereocenters. The van der Waals surface area contributed by atoms with Crippen LogP contribution in [0, 0.1) is 5.41 Å². The van der Waals surface area contributed by atoms with E-state index in [1.807, 2.05) is 51.8 Å². The summed E-state index contributed by atoms with van der Waals surface area (Å²) >= 11 is 0. The minimum atomic E-state index is -0.328. The van der Waals surface area contributed by atoms with Crippen LogP contribution in [0.3, 0.4) is 0 Å². The Bertz CT molecular complexity index is 782. The average molecular weight is 340 g/mol. The number of aryl methyl sites for hydroxylation is 1. The Kier molecular flexibility index (Phi) is 3.98. The van der Waals surface area contributed by atoms with Crippen LogP contribution in [-0.2, 0) is 16.0 Å². The van der Waals surface area contributed by atoms with E-state index >= 15 is 0 Å². The molecule has 2 aliphatic heterocycles. The van der Waals surface area contributed by atoms with Gasteiger partial charge in [0, 0.05) is 45.5 Å². The number of aromatic nitrogens is 2. The standard InChI is InChI=1S/C19H24N4O2/c1-21-10-4-8-19(18(21)25)9-12-23(14-19)17(24)7-6-15-13-22-11-3-2-5-16(22)20-15/h2-3,5,11,13H,4,6-10,12,14H2,1H3. The van der Waals surface area contributed by atoms with E-state index in [1.165, 1.54) is 0 Å². The highest BCUT2D eigenvalue weighted by Crippen LogP contribution is 2.39. The van der Waals surface area contributed by atoms with Gasteiger partial charge in [0.1, 0.15) is 5.65 Å². The molecule has 2 aromatic heterocycles. The number of rotatable bonds is 3. The van der Waals surface area contributed by atoms with Gasteiger partial charge in [-0.2, -0.15) is 0 Å². The van der Waals surface area contributed by atoms with Crippen LogP contribution in [0.2, 0.25) is 0 Å². The van der Waals surface area contributed by atoms with Crippen molar-refractivity contribution in [3.05, 3.63) is 36.3 Å². The Morgan fingerprint density at radius 1 is 1.28 bits per heavy atom. The van der Waals surface area contributed by atoms with Crippen molar-refractivity contribution in [2.75, 3.05) is 26.7 Å². The first-order valence-corrected chi connectivity index (χ1v) is 9.03. The van der Waals surface area contributed by atoms with Crippen LogP contribution < -0.4 is 0 Å². The highest BCUT2D eigenvalue weighted by molar-refractivity contribution is 5.86. The number of nitrogens with zero attached hydrogens (tertiary/aromatic N) is 4. The summed E-state index contributed by atoms with van der Waals surface area (Å²) < 4.78 is 1.97. The SMILES string of the molecule is CN1CCCC2(CCN(C(=O)CCc3cn4ccccc4n3)C2)C1=O. The summed E-state index contributed by atoms with van der Waals surface area (Å²) in [6.07, 6.45) is 7.77. The van der Waals surface area contributed by atoms with Gasteiger partial charge in [-0.3, -0.25) is 9.59 Å². The van der Waals surface area contributed by atoms with Crippen molar-refractivity contribution in [2.24, 2.45) is 5.41 Å². The first kappa shape index (κ1) is 16.1. The number of carbonyl (C=O) groups is 2. The number of imidazole rings is 1. The molecule has 25 heavy (non-hydrogen) atoms. The number of hydrogen-bond acceptors (Lipinski definition) is 3. The summed E-state index contributed by atoms with van der Waals surface area (Å²) in [7, 11) is 1.87. The molecule has 4 rings (SSSR count). The van der Waals surface area contributed by atoms with Gasteiger partial charge in [-0.15, -0.1) is 0 Å². The third-order valence-electron chi connectivity index (χ3n) is 5.66. The molecule has 6 nitrogen and oxygen atoms in total. The molecule has 1 unspecified atom stereocenters. The van der Waals surface area contributed by atoms with Gasteiger partial charge in [-0.25, -0.2) is 4.98 Å². The monoisotopic (exact) mass is 340 g/mol. The maximum absolute atomic E-state index is 12.6. The van der Waals surface area contributed by atoms with Crippen molar-refractivity contribution >= 4 is 17.5 Å². The van der Waals surface area contributed by atoms with E-state index in [0.29, 0.717) is 25.9 Å². The number of amides is 2. The molecular weight excluding hydrogens is 316 g/mol. The fourth-order valence-corrected chi connectivity index (χ4v) is 4.23. The Morgan fingerprint density at radius 2 is 2.16 bits per heavy atom. The largest absolute Gasteiger partial charge is 0.345 e. The van der Waals surface area contributed by atoms with Crippen LogP contribution in [0.15, 0.2) is 30.6 Å². The number of pyridine rings is 1. The fraction of sp³-hybridized carbons (Fsp3) is 0.526. The molecule has 132 valence electrons. The Hall–Kier alpha value is -2.37. The zero-order valence-corrected chi connectivity index (χ0v) is 14.6. The topological polar surface area (TPSA) is 57.9 Å². The Labute approximate surface area is 147 Å². The molecule has 0 bridgehead atoms. The molecule has 0 radical (unpaired) electrons. The highest BCUT2D eigenvalue weighted by Gasteiger charge is 2.48. The minimum absolute atomic E-state index is 0.134. The molecule has 2 saturated heterocycles. The van der Waals surface area contributed by atoms with Crippen LogP contribution in [0.25, 0.3) is 5.65 Å². The van der Waals surface area contributed by atoms with Gasteiger partial charge in [0.15, 0.2) is 0 Å². The summed E-state index contributed by atoms with van der Waals surface area (Å²) in [5.74, 6) is 0.351. The summed E-state index contributed by atoms with van der Waals surface area (Å²) in [4.78, 5) is 33.4. The van der Waals surface area contributed by atoms with Crippen LogP contribution in [0.1, 0.15) is 31.4 Å². The van der Waals surface area contributed by atoms with Crippen molar-refractivity contribution in [3.63, 3.8) is 0 Å². The zero-order valence-electron chi connectivity index (χ0n) is 14.6. The smallest absolute Gasteiger partial charge is 0.230 e. The Balaban J connectivity index is 1.38. The van der Waals surface area contributed by atoms with E-state index in [9.17, 15) is 9.59 Å². The van der Waals surface area contributed by atoms with Gasteiger partial charge in [-0.1, -0.05) is 6.07 Å². The van der Waals surface area contributed by atoms with Crippen molar-refractivity contribution in [3.8, 4) is 0 Å². The quantitative estimate of drug-likeness (QED) is 0.855. The lowest BCUT2D eigenvalue weighted by Gasteiger charge is -2.37. The normalized spacial score (nSPS) is 23.8. The number of carbonyl (C=O) groups excluding carboxylic acids is 2. The molecule has 6 heteroatoms. The average Bonchev–Trinajstić information content (AvgIpc) is 3.22. The van der Waals surface area contributed by atoms with Crippen LogP contribution in [0.5, 0.6) is 0 Å². The van der Waals surface area contributed by atoms with Crippen molar-refractivity contribution in [1.29, 1.82) is 0 Å². The van der Waals surface area contributed by atoms with Gasteiger partial charge in [-0.05, 0) is 37.8 Å². The van der Waals surface area contributed by atoms with E-state index in [2.05, 4.69) is 4.98 Å². The maximum Gasteiger partial charge on any atom is 0.230 e. The predicted octanol–water partition coefficient (Wildman–Crippen LogP) is 1.74. The predicted molar refractivity (Wildman–Crippen MR) is 94.0 cm³/mol. The first-order chi connectivity index (χ1) is 12.1. The fourth-order valence-electron chi connectivity index (χ4n) is 4.23. The molecule has 0 aromatic carbocycles. The third kappa shape index (κ3) is 2.90. The van der Waals surface area contributed by atoms with E-state index in [4.69, 9.17) is 0 Å². The maximum atomic E-state index is 12.6. The first-order valence-electron chi connectivity index (χ1n) is 9.03. The number of likely N-dealkylation sites (tertiary alicyclic amines) is 2. The number of hydrogen-bond donors (Lipinski definition) is 0. The van der Waals surface area contributed by atoms with E-state index < -0.39 is 0 Å². The number of piperidine rings is 1. The van der Waals surface area contributed by atoms with Crippen molar-refractivity contribution in [1.82, 2.24) is 19.2 Å². The van der Waals surface area contributed by atoms with E-state index in [-0.39, 0.29) is 17.2 Å². The number of fused-ring (bicyclic) bond motifs is 1. The summed E-state index contributed by atoms with van der Waals surface area (Å²) in [5.41, 5.74) is 1.51. The lowest BCUT2D eigenvalue weighted by molar-refractivity contribution is -0.144. The van der Waals surface area contributed by atoms with Crippen molar-refractivity contribution < 1.29 is 9.59 Å². The highest BCUT2D eigenvalue weighted by atomic mass is 16.2. The van der Waals surface area contributed by atoms with Gasteiger partial charge >= 0.3 is 0 Å². The van der Waals surface area contributed by atoms with Gasteiger partial charge < -0.3 is 14.2 Å². The summed E-state index contributed by atoms with van der Waals surface area (Å²) in [5, 5.41) is 0. The molecule has 2 amide bonds. The van der Waals surface area contributed by atoms with Gasteiger partial charge in [0.05, 0.1) is 11.1 Å². The third-order valence-corrected chi connectivity index (χ3v) is 5.66. The molecule has 1 spiro atoms. The second kappa shape index (κ2) is 6.17. The van der Waals surface area contributed by atoms with Crippen molar-refractivity contribution in [2.45, 2.75) is 32.1 Å². The van der Waals surface area contributed by atoms with Crippen LogP contribution in [0.4, 0.5) is 0 Å². The lowest BCUT2D eigenvalue weighted by Crippen LogP contribution is -2.48. The molecule has 0 N–H and O–H groups in total. The van der Waals surface area contributed by atoms with Gasteiger partial charge in [0.25, 0.3) is 0 Å². The summed E-state index contributed by atoms with van der Waals surface area (Å²) in [6, 6.07) is 5.88. The van der Waals surface area contributed by atoms with Crippen LogP contribution >= 0.6 is 0 Å². The zero-order chi connectivity index (χ0) is 17.4. The molecule has 2 fully saturated rings.